The molecule has 5 heteroatoms. The average Bonchev–Trinajstić information content (AvgIpc) is 2.52. The second kappa shape index (κ2) is 5.37. The van der Waals surface area contributed by atoms with Gasteiger partial charge in [-0.3, -0.25) is 0 Å². The minimum absolute atomic E-state index is 0.0171. The summed E-state index contributed by atoms with van der Waals surface area (Å²) in [5.41, 5.74) is 0. The summed E-state index contributed by atoms with van der Waals surface area (Å²) in [5, 5.41) is 3.11. The Balaban J connectivity index is 1.89. The zero-order chi connectivity index (χ0) is 13.3. The van der Waals surface area contributed by atoms with Crippen molar-refractivity contribution in [3.63, 3.8) is 0 Å². The molecule has 2 bridgehead atoms. The zero-order valence-corrected chi connectivity index (χ0v) is 11.1. The van der Waals surface area contributed by atoms with Crippen molar-refractivity contribution in [2.75, 3.05) is 14.1 Å². The highest BCUT2D eigenvalue weighted by molar-refractivity contribution is 4.96. The maximum Gasteiger partial charge on any atom is 0.389 e. The lowest BCUT2D eigenvalue weighted by atomic mass is 9.83. The van der Waals surface area contributed by atoms with Crippen LogP contribution >= 0.6 is 0 Å². The molecule has 1 N–H and O–H groups in total. The second-order valence-corrected chi connectivity index (χ2v) is 5.83. The molecule has 0 amide bonds. The van der Waals surface area contributed by atoms with Crippen molar-refractivity contribution in [2.24, 2.45) is 5.92 Å². The summed E-state index contributed by atoms with van der Waals surface area (Å²) in [7, 11) is 3.95. The van der Waals surface area contributed by atoms with Crippen molar-refractivity contribution in [3.8, 4) is 0 Å². The average molecular weight is 264 g/mol. The van der Waals surface area contributed by atoms with Crippen molar-refractivity contribution >= 4 is 0 Å². The first-order chi connectivity index (χ1) is 8.40. The molecule has 106 valence electrons. The zero-order valence-electron chi connectivity index (χ0n) is 11.1. The maximum atomic E-state index is 12.3. The number of halogens is 3. The van der Waals surface area contributed by atoms with E-state index in [0.717, 1.165) is 12.8 Å². The Morgan fingerprint density at radius 1 is 1.22 bits per heavy atom. The van der Waals surface area contributed by atoms with Gasteiger partial charge in [-0.1, -0.05) is 0 Å². The molecule has 0 aliphatic carbocycles. The third kappa shape index (κ3) is 3.18. The highest BCUT2D eigenvalue weighted by Crippen LogP contribution is 2.39. The van der Waals surface area contributed by atoms with Gasteiger partial charge in [0.1, 0.15) is 0 Å². The van der Waals surface area contributed by atoms with Gasteiger partial charge in [-0.15, -0.1) is 0 Å². The minimum Gasteiger partial charge on any atom is -0.317 e. The molecule has 0 aromatic heterocycles. The highest BCUT2D eigenvalue weighted by Gasteiger charge is 2.41. The van der Waals surface area contributed by atoms with E-state index in [1.54, 1.807) is 7.05 Å². The molecule has 2 heterocycles. The Hall–Kier alpha value is -0.290. The van der Waals surface area contributed by atoms with Crippen molar-refractivity contribution in [1.29, 1.82) is 0 Å². The normalized spacial score (nSPS) is 34.8. The molecule has 0 saturated carbocycles. The molecular weight excluding hydrogens is 241 g/mol. The lowest BCUT2D eigenvalue weighted by Gasteiger charge is -2.40. The molecule has 3 atom stereocenters. The fraction of sp³-hybridized carbons (Fsp3) is 1.00. The second-order valence-electron chi connectivity index (χ2n) is 5.83. The van der Waals surface area contributed by atoms with E-state index in [0.29, 0.717) is 18.0 Å². The Morgan fingerprint density at radius 3 is 2.22 bits per heavy atom. The quantitative estimate of drug-likeness (QED) is 0.840. The van der Waals surface area contributed by atoms with Crippen LogP contribution < -0.4 is 5.32 Å². The van der Waals surface area contributed by atoms with Gasteiger partial charge in [0.2, 0.25) is 0 Å². The molecule has 18 heavy (non-hydrogen) atoms. The van der Waals surface area contributed by atoms with Crippen LogP contribution in [0.25, 0.3) is 0 Å². The number of alkyl halides is 3. The number of fused-ring (bicyclic) bond motifs is 2. The number of nitrogens with one attached hydrogen (secondary N) is 1. The molecule has 0 spiro atoms. The van der Waals surface area contributed by atoms with Crippen LogP contribution in [0.15, 0.2) is 0 Å². The van der Waals surface area contributed by atoms with Crippen LogP contribution in [-0.4, -0.2) is 43.3 Å². The largest absolute Gasteiger partial charge is 0.389 e. The molecule has 2 nitrogen and oxygen atoms in total. The first kappa shape index (κ1) is 14.1. The van der Waals surface area contributed by atoms with Gasteiger partial charge in [-0.25, -0.2) is 0 Å². The van der Waals surface area contributed by atoms with E-state index in [9.17, 15) is 13.2 Å². The summed E-state index contributed by atoms with van der Waals surface area (Å²) in [6.45, 7) is 0. The summed E-state index contributed by atoms with van der Waals surface area (Å²) < 4.78 is 36.9. The Labute approximate surface area is 107 Å². The van der Waals surface area contributed by atoms with Crippen LogP contribution in [0.5, 0.6) is 0 Å². The number of hydrogen-bond acceptors (Lipinski definition) is 2. The molecule has 0 radical (unpaired) electrons. The summed E-state index contributed by atoms with van der Waals surface area (Å²) in [6, 6.07) is 1.20. The maximum absolute atomic E-state index is 12.3. The van der Waals surface area contributed by atoms with Crippen LogP contribution in [-0.2, 0) is 0 Å². The summed E-state index contributed by atoms with van der Waals surface area (Å²) in [6.07, 6.45) is 0.0566. The van der Waals surface area contributed by atoms with E-state index < -0.39 is 12.6 Å². The molecule has 2 saturated heterocycles. The predicted molar refractivity (Wildman–Crippen MR) is 65.4 cm³/mol. The summed E-state index contributed by atoms with van der Waals surface area (Å²) in [4.78, 5) is 2.42. The van der Waals surface area contributed by atoms with E-state index >= 15 is 0 Å². The molecule has 0 aromatic carbocycles. The molecule has 2 fully saturated rings. The number of hydrogen-bond donors (Lipinski definition) is 1. The Morgan fingerprint density at radius 2 is 1.78 bits per heavy atom. The molecule has 3 unspecified atom stereocenters. The molecule has 2 aliphatic rings. The van der Waals surface area contributed by atoms with E-state index in [1.807, 2.05) is 0 Å². The van der Waals surface area contributed by atoms with Gasteiger partial charge in [0.25, 0.3) is 0 Å². The first-order valence-corrected chi connectivity index (χ1v) is 6.86. The molecular formula is C13H23F3N2. The molecule has 2 aliphatic heterocycles. The van der Waals surface area contributed by atoms with Crippen LogP contribution in [0.1, 0.15) is 38.5 Å². The lowest BCUT2D eigenvalue weighted by Crippen LogP contribution is -2.46. The minimum atomic E-state index is -4.03. The molecule has 2 rings (SSSR count). The summed E-state index contributed by atoms with van der Waals surface area (Å²) in [5.74, 6) is 0.408. The highest BCUT2D eigenvalue weighted by atomic mass is 19.4. The van der Waals surface area contributed by atoms with E-state index in [2.05, 4.69) is 17.3 Å². The van der Waals surface area contributed by atoms with Crippen molar-refractivity contribution in [1.82, 2.24) is 10.2 Å². The van der Waals surface area contributed by atoms with Gasteiger partial charge >= 0.3 is 6.18 Å². The van der Waals surface area contributed by atoms with Crippen LogP contribution in [0, 0.1) is 5.92 Å². The van der Waals surface area contributed by atoms with Crippen molar-refractivity contribution in [3.05, 3.63) is 0 Å². The van der Waals surface area contributed by atoms with E-state index in [4.69, 9.17) is 0 Å². The van der Waals surface area contributed by atoms with E-state index in [-0.39, 0.29) is 12.5 Å². The number of rotatable bonds is 4. The lowest BCUT2D eigenvalue weighted by molar-refractivity contribution is -0.137. The first-order valence-electron chi connectivity index (χ1n) is 6.86. The summed E-state index contributed by atoms with van der Waals surface area (Å²) >= 11 is 0. The van der Waals surface area contributed by atoms with Gasteiger partial charge in [0, 0.05) is 24.5 Å². The van der Waals surface area contributed by atoms with Crippen LogP contribution in [0.4, 0.5) is 13.2 Å². The fourth-order valence-electron chi connectivity index (χ4n) is 3.72. The van der Waals surface area contributed by atoms with Gasteiger partial charge in [-0.2, -0.15) is 13.2 Å². The van der Waals surface area contributed by atoms with Gasteiger partial charge in [0.05, 0.1) is 0 Å². The van der Waals surface area contributed by atoms with Crippen LogP contribution in [0.3, 0.4) is 0 Å². The van der Waals surface area contributed by atoms with E-state index in [1.165, 1.54) is 12.8 Å². The topological polar surface area (TPSA) is 15.3 Å². The van der Waals surface area contributed by atoms with Crippen molar-refractivity contribution < 1.29 is 13.2 Å². The Kier molecular flexibility index (Phi) is 4.22. The predicted octanol–water partition coefficient (Wildman–Crippen LogP) is 2.79. The van der Waals surface area contributed by atoms with Crippen molar-refractivity contribution in [2.45, 2.75) is 62.8 Å². The van der Waals surface area contributed by atoms with Gasteiger partial charge < -0.3 is 10.2 Å². The third-order valence-electron chi connectivity index (χ3n) is 4.81. The smallest absolute Gasteiger partial charge is 0.317 e. The van der Waals surface area contributed by atoms with Gasteiger partial charge in [0.15, 0.2) is 0 Å². The molecule has 0 aromatic rings. The third-order valence-corrected chi connectivity index (χ3v) is 4.81. The fourth-order valence-corrected chi connectivity index (χ4v) is 3.72. The Bertz CT molecular complexity index is 266. The van der Waals surface area contributed by atoms with Gasteiger partial charge in [-0.05, 0) is 52.1 Å². The number of piperidine rings is 1. The number of nitrogens with zero attached hydrogens (tertiary/aromatic N) is 1. The SMILES string of the molecule is CNC(CCC(F)(F)F)C1CC2CCC(C1)N2C. The standard InChI is InChI=1S/C13H23F3N2/c1-17-12(5-6-13(14,15)16)9-7-10-3-4-11(8-9)18(10)2/h9-12,17H,3-8H2,1-2H3. The van der Waals surface area contributed by atoms with Crippen LogP contribution in [0.2, 0.25) is 0 Å². The monoisotopic (exact) mass is 264 g/mol.